The number of rotatable bonds is 6. The van der Waals surface area contributed by atoms with E-state index in [9.17, 15) is 4.79 Å². The Morgan fingerprint density at radius 1 is 1.19 bits per heavy atom. The second kappa shape index (κ2) is 9.47. The van der Waals surface area contributed by atoms with Gasteiger partial charge in [0.05, 0.1) is 24.2 Å². The van der Waals surface area contributed by atoms with Crippen molar-refractivity contribution >= 4 is 34.3 Å². The second-order valence-corrected chi connectivity index (χ2v) is 9.24. The zero-order chi connectivity index (χ0) is 23.5. The number of aryl methyl sites for hydroxylation is 1. The van der Waals surface area contributed by atoms with E-state index in [0.717, 1.165) is 5.56 Å². The Kier molecular flexibility index (Phi) is 6.93. The van der Waals surface area contributed by atoms with Crippen molar-refractivity contribution in [2.75, 3.05) is 17.3 Å². The normalized spacial score (nSPS) is 11.4. The molecule has 10 heteroatoms. The predicted octanol–water partition coefficient (Wildman–Crippen LogP) is 5.21. The van der Waals surface area contributed by atoms with Crippen LogP contribution >= 0.6 is 11.5 Å². The van der Waals surface area contributed by atoms with Crippen LogP contribution in [0.5, 0.6) is 5.75 Å². The number of nitrogens with zero attached hydrogens (tertiary/aromatic N) is 5. The fourth-order valence-corrected chi connectivity index (χ4v) is 3.22. The molecule has 9 nitrogen and oxygen atoms in total. The number of amides is 1. The van der Waals surface area contributed by atoms with E-state index in [1.54, 1.807) is 19.4 Å². The third kappa shape index (κ3) is 6.13. The Labute approximate surface area is 192 Å². The number of pyridine rings is 2. The lowest BCUT2D eigenvalue weighted by Crippen LogP contribution is -2.34. The molecular formula is C22H28N6O3S. The van der Waals surface area contributed by atoms with E-state index >= 15 is 0 Å². The Hall–Kier alpha value is -3.27. The van der Waals surface area contributed by atoms with E-state index in [1.165, 1.54) is 16.4 Å². The average molecular weight is 457 g/mol. The van der Waals surface area contributed by atoms with Gasteiger partial charge < -0.3 is 14.8 Å². The van der Waals surface area contributed by atoms with Gasteiger partial charge in [-0.1, -0.05) is 0 Å². The monoisotopic (exact) mass is 456 g/mol. The van der Waals surface area contributed by atoms with Crippen LogP contribution in [-0.4, -0.2) is 44.2 Å². The summed E-state index contributed by atoms with van der Waals surface area (Å²) in [4.78, 5) is 27.0. The maximum absolute atomic E-state index is 12.3. The molecule has 0 aliphatic heterocycles. The fourth-order valence-electron chi connectivity index (χ4n) is 2.64. The number of aromatic nitrogens is 4. The maximum Gasteiger partial charge on any atom is 0.414 e. The Morgan fingerprint density at radius 2 is 1.94 bits per heavy atom. The molecule has 0 aliphatic carbocycles. The molecule has 0 aliphatic rings. The summed E-state index contributed by atoms with van der Waals surface area (Å²) in [5.41, 5.74) is 1.57. The highest BCUT2D eigenvalue weighted by Crippen LogP contribution is 2.26. The van der Waals surface area contributed by atoms with Crippen LogP contribution in [0.4, 0.5) is 21.4 Å². The summed E-state index contributed by atoms with van der Waals surface area (Å²) in [5, 5.41) is 3.77. The molecule has 3 aromatic rings. The first kappa shape index (κ1) is 23.4. The van der Waals surface area contributed by atoms with Crippen LogP contribution in [-0.2, 0) is 4.74 Å². The number of nitrogens with one attached hydrogen (secondary N) is 1. The van der Waals surface area contributed by atoms with Crippen molar-refractivity contribution in [2.24, 2.45) is 0 Å². The van der Waals surface area contributed by atoms with Crippen LogP contribution in [0.25, 0.3) is 11.5 Å². The molecule has 0 saturated heterocycles. The van der Waals surface area contributed by atoms with E-state index in [0.29, 0.717) is 33.9 Å². The van der Waals surface area contributed by atoms with Crippen LogP contribution in [0.2, 0.25) is 0 Å². The topological polar surface area (TPSA) is 102 Å². The summed E-state index contributed by atoms with van der Waals surface area (Å²) < 4.78 is 15.4. The third-order valence-corrected chi connectivity index (χ3v) is 4.74. The lowest BCUT2D eigenvalue weighted by molar-refractivity contribution is 0.0589. The van der Waals surface area contributed by atoms with E-state index in [1.807, 2.05) is 59.7 Å². The third-order valence-electron chi connectivity index (χ3n) is 4.11. The highest BCUT2D eigenvalue weighted by Gasteiger charge is 2.21. The van der Waals surface area contributed by atoms with Crippen LogP contribution in [0.15, 0.2) is 30.6 Å². The minimum atomic E-state index is -0.568. The standard InChI is InChI=1S/C22H28N6O3S/c1-13(2)30-16-8-9-17(23-12-16)19-26-20(32-27-19)25-18-14(3)10-15(11-24-18)28(7)21(29)31-22(4,5)6/h8-13H,1-7H3,(H,24,25,26,27). The highest BCUT2D eigenvalue weighted by molar-refractivity contribution is 7.09. The zero-order valence-electron chi connectivity index (χ0n) is 19.3. The van der Waals surface area contributed by atoms with E-state index in [4.69, 9.17) is 9.47 Å². The lowest BCUT2D eigenvalue weighted by Gasteiger charge is -2.24. The highest BCUT2D eigenvalue weighted by atomic mass is 32.1. The average Bonchev–Trinajstić information content (AvgIpc) is 3.16. The largest absolute Gasteiger partial charge is 0.489 e. The molecule has 0 saturated carbocycles. The first-order valence-electron chi connectivity index (χ1n) is 10.2. The predicted molar refractivity (Wildman–Crippen MR) is 126 cm³/mol. The van der Waals surface area contributed by atoms with Crippen molar-refractivity contribution in [2.45, 2.75) is 53.2 Å². The number of hydrogen-bond acceptors (Lipinski definition) is 9. The molecule has 3 heterocycles. The Morgan fingerprint density at radius 3 is 2.53 bits per heavy atom. The second-order valence-electron chi connectivity index (χ2n) is 8.49. The van der Waals surface area contributed by atoms with Crippen LogP contribution < -0.4 is 15.0 Å². The quantitative estimate of drug-likeness (QED) is 0.539. The molecule has 0 atom stereocenters. The summed E-state index contributed by atoms with van der Waals surface area (Å²) in [7, 11) is 1.65. The van der Waals surface area contributed by atoms with Gasteiger partial charge in [0, 0.05) is 18.6 Å². The lowest BCUT2D eigenvalue weighted by atomic mass is 10.2. The number of carbonyl (C=O) groups is 1. The van der Waals surface area contributed by atoms with Gasteiger partial charge >= 0.3 is 6.09 Å². The van der Waals surface area contributed by atoms with Crippen LogP contribution in [0, 0.1) is 6.92 Å². The van der Waals surface area contributed by atoms with Gasteiger partial charge in [-0.15, -0.1) is 0 Å². The number of anilines is 3. The van der Waals surface area contributed by atoms with Crippen molar-refractivity contribution in [3.63, 3.8) is 0 Å². The van der Waals surface area contributed by atoms with Crippen molar-refractivity contribution in [3.05, 3.63) is 36.2 Å². The SMILES string of the molecule is Cc1cc(N(C)C(=O)OC(C)(C)C)cnc1Nc1nc(-c2ccc(OC(C)C)cn2)ns1. The molecular weight excluding hydrogens is 428 g/mol. The first-order valence-corrected chi connectivity index (χ1v) is 11.0. The minimum absolute atomic E-state index is 0.0851. The summed E-state index contributed by atoms with van der Waals surface area (Å²) >= 11 is 1.22. The molecule has 3 rings (SSSR count). The molecule has 0 spiro atoms. The molecule has 0 bridgehead atoms. The van der Waals surface area contributed by atoms with Crippen molar-refractivity contribution in [1.82, 2.24) is 19.3 Å². The molecule has 0 radical (unpaired) electrons. The summed E-state index contributed by atoms with van der Waals surface area (Å²) in [6.45, 7) is 11.3. The smallest absolute Gasteiger partial charge is 0.414 e. The van der Waals surface area contributed by atoms with Gasteiger partial charge in [-0.2, -0.15) is 9.36 Å². The number of ether oxygens (including phenoxy) is 2. The van der Waals surface area contributed by atoms with Crippen molar-refractivity contribution in [3.8, 4) is 17.3 Å². The Bertz CT molecular complexity index is 1080. The maximum atomic E-state index is 12.3. The molecule has 1 amide bonds. The molecule has 0 aromatic carbocycles. The number of carbonyl (C=O) groups excluding carboxylic acids is 1. The number of hydrogen-bond donors (Lipinski definition) is 1. The summed E-state index contributed by atoms with van der Waals surface area (Å²) in [6.07, 6.45) is 2.91. The molecule has 32 heavy (non-hydrogen) atoms. The van der Waals surface area contributed by atoms with Crippen molar-refractivity contribution < 1.29 is 14.3 Å². The summed E-state index contributed by atoms with van der Waals surface area (Å²) in [6, 6.07) is 5.53. The van der Waals surface area contributed by atoms with Gasteiger partial charge in [-0.05, 0) is 65.3 Å². The van der Waals surface area contributed by atoms with Gasteiger partial charge in [0.15, 0.2) is 5.82 Å². The van der Waals surface area contributed by atoms with Gasteiger partial charge in [0.1, 0.15) is 22.9 Å². The molecule has 0 fully saturated rings. The first-order chi connectivity index (χ1) is 15.0. The minimum Gasteiger partial charge on any atom is -0.489 e. The van der Waals surface area contributed by atoms with Crippen molar-refractivity contribution in [1.29, 1.82) is 0 Å². The fraction of sp³-hybridized carbons (Fsp3) is 0.409. The van der Waals surface area contributed by atoms with Gasteiger partial charge in [0.2, 0.25) is 5.13 Å². The molecule has 3 aromatic heterocycles. The van der Waals surface area contributed by atoms with Crippen LogP contribution in [0.3, 0.4) is 0 Å². The molecule has 1 N–H and O–H groups in total. The molecule has 170 valence electrons. The van der Waals surface area contributed by atoms with Gasteiger partial charge in [-0.25, -0.2) is 14.8 Å². The Balaban J connectivity index is 1.69. The van der Waals surface area contributed by atoms with E-state index in [2.05, 4.69) is 24.6 Å². The van der Waals surface area contributed by atoms with E-state index < -0.39 is 11.7 Å². The van der Waals surface area contributed by atoms with Gasteiger partial charge in [0.25, 0.3) is 0 Å². The molecule has 0 unspecified atom stereocenters. The van der Waals surface area contributed by atoms with E-state index in [-0.39, 0.29) is 6.10 Å². The zero-order valence-corrected chi connectivity index (χ0v) is 20.1. The summed E-state index contributed by atoms with van der Waals surface area (Å²) in [5.74, 6) is 1.85. The van der Waals surface area contributed by atoms with Crippen LogP contribution in [0.1, 0.15) is 40.2 Å². The van der Waals surface area contributed by atoms with Gasteiger partial charge in [-0.3, -0.25) is 4.90 Å².